The van der Waals surface area contributed by atoms with E-state index in [1.807, 2.05) is 0 Å². The summed E-state index contributed by atoms with van der Waals surface area (Å²) in [5.41, 5.74) is 0. The number of rotatable bonds is 9. The Morgan fingerprint density at radius 3 is 2.38 bits per heavy atom. The van der Waals surface area contributed by atoms with E-state index in [2.05, 4.69) is 25.0 Å². The van der Waals surface area contributed by atoms with Crippen molar-refractivity contribution in [3.63, 3.8) is 0 Å². The fraction of sp³-hybridized carbons (Fsp3) is 0.500. The normalized spacial score (nSPS) is 29.9. The predicted octanol–water partition coefficient (Wildman–Crippen LogP) is -1.24. The molecule has 0 saturated carbocycles. The number of esters is 1. The van der Waals surface area contributed by atoms with Crippen LogP contribution in [0.2, 0.25) is 0 Å². The van der Waals surface area contributed by atoms with Gasteiger partial charge < -0.3 is 44.4 Å². The molecule has 1 amide bonds. The van der Waals surface area contributed by atoms with Crippen molar-refractivity contribution >= 4 is 35.3 Å². The Morgan fingerprint density at radius 2 is 1.84 bits per heavy atom. The summed E-state index contributed by atoms with van der Waals surface area (Å²) in [7, 11) is -16.8. The summed E-state index contributed by atoms with van der Waals surface area (Å²) in [5, 5.41) is 12.8. The monoisotopic (exact) mass is 524 g/mol. The lowest BCUT2D eigenvalue weighted by molar-refractivity contribution is -0.157. The lowest BCUT2D eigenvalue weighted by atomic mass is 10.1. The molecule has 2 aliphatic heterocycles. The van der Waals surface area contributed by atoms with Crippen molar-refractivity contribution in [2.75, 3.05) is 6.61 Å². The number of amides is 1. The molecule has 0 spiro atoms. The van der Waals surface area contributed by atoms with E-state index < -0.39 is 66.5 Å². The summed E-state index contributed by atoms with van der Waals surface area (Å²) in [6.45, 7) is 3.62. The molecule has 1 saturated heterocycles. The van der Waals surface area contributed by atoms with Crippen LogP contribution in [0.3, 0.4) is 0 Å². The van der Waals surface area contributed by atoms with Crippen molar-refractivity contribution in [3.8, 4) is 0 Å². The average Bonchev–Trinajstić information content (AvgIpc) is 2.85. The molecule has 32 heavy (non-hydrogen) atoms. The maximum Gasteiger partial charge on any atom is 0.490 e. The minimum atomic E-state index is -5.73. The Morgan fingerprint density at radius 1 is 1.22 bits per heavy atom. The van der Waals surface area contributed by atoms with Crippen LogP contribution in [-0.2, 0) is 45.9 Å². The van der Waals surface area contributed by atoms with Gasteiger partial charge in [0.05, 0.1) is 6.61 Å². The third kappa shape index (κ3) is 7.56. The molecule has 0 bridgehead atoms. The van der Waals surface area contributed by atoms with E-state index >= 15 is 0 Å². The number of phosphoric acid groups is 3. The smallest absolute Gasteiger partial charge is 0.455 e. The Labute approximate surface area is 179 Å². The minimum absolute atomic E-state index is 0.0135. The van der Waals surface area contributed by atoms with Gasteiger partial charge in [-0.15, -0.1) is 0 Å². The first-order valence-corrected chi connectivity index (χ1v) is 12.8. The van der Waals surface area contributed by atoms with Crippen LogP contribution in [0.5, 0.6) is 0 Å². The summed E-state index contributed by atoms with van der Waals surface area (Å²) >= 11 is 0. The van der Waals surface area contributed by atoms with Crippen molar-refractivity contribution in [2.45, 2.75) is 31.5 Å². The number of carbonyl (C=O) groups excluding carboxylic acids is 2. The number of nitrogens with one attached hydrogen (secondary N) is 1. The maximum absolute atomic E-state index is 11.8. The highest BCUT2D eigenvalue weighted by Gasteiger charge is 2.50. The van der Waals surface area contributed by atoms with Gasteiger partial charge in [-0.05, 0) is 0 Å². The third-order valence-electron chi connectivity index (χ3n) is 3.67. The van der Waals surface area contributed by atoms with Crippen molar-refractivity contribution in [2.24, 2.45) is 0 Å². The van der Waals surface area contributed by atoms with Crippen molar-refractivity contribution in [1.82, 2.24) is 10.2 Å². The molecule has 0 aliphatic carbocycles. The fourth-order valence-corrected chi connectivity index (χ4v) is 5.62. The standard InChI is InChI=1S/C12H19N2O15P3/c1-6-13-9(16)3-4-14(6)12-11(26-7(2)15)10(17)8(27-12)5-25-31(21,22)29-32(23,24)28-30(18,19)20/h3-4,8,10-12,17H,1,5H2,2H3,(H,13,16)(H,21,22)(H,23,24)(H2,18,19,20)/t8-,10+,11?,12-/m1/s1. The number of carbonyl (C=O) groups is 2. The molecule has 1 fully saturated rings. The highest BCUT2D eigenvalue weighted by molar-refractivity contribution is 7.66. The summed E-state index contributed by atoms with van der Waals surface area (Å²) < 4.78 is 55.9. The van der Waals surface area contributed by atoms with Gasteiger partial charge in [0, 0.05) is 19.2 Å². The van der Waals surface area contributed by atoms with Crippen LogP contribution < -0.4 is 5.32 Å². The molecule has 2 rings (SSSR count). The maximum atomic E-state index is 11.8. The molecule has 0 radical (unpaired) electrons. The Bertz CT molecular complexity index is 946. The molecule has 182 valence electrons. The molecule has 20 heteroatoms. The first kappa shape index (κ1) is 26.8. The second-order valence-electron chi connectivity index (χ2n) is 6.18. The molecule has 0 aromatic rings. The first-order valence-electron chi connectivity index (χ1n) is 8.25. The number of ether oxygens (including phenoxy) is 2. The Balaban J connectivity index is 2.12. The van der Waals surface area contributed by atoms with E-state index in [-0.39, 0.29) is 5.82 Å². The van der Waals surface area contributed by atoms with Crippen LogP contribution in [-0.4, -0.2) is 72.6 Å². The van der Waals surface area contributed by atoms with Crippen molar-refractivity contribution < 1.29 is 70.6 Å². The zero-order valence-electron chi connectivity index (χ0n) is 16.0. The van der Waals surface area contributed by atoms with Gasteiger partial charge in [-0.2, -0.15) is 8.62 Å². The van der Waals surface area contributed by atoms with Gasteiger partial charge in [0.2, 0.25) is 0 Å². The van der Waals surface area contributed by atoms with Gasteiger partial charge >= 0.3 is 29.4 Å². The molecule has 0 aromatic carbocycles. The third-order valence-corrected chi connectivity index (χ3v) is 7.48. The van der Waals surface area contributed by atoms with Gasteiger partial charge in [-0.25, -0.2) is 13.7 Å². The quantitative estimate of drug-likeness (QED) is 0.152. The predicted molar refractivity (Wildman–Crippen MR) is 98.3 cm³/mol. The van der Waals surface area contributed by atoms with Gasteiger partial charge in [0.15, 0.2) is 12.3 Å². The lowest BCUT2D eigenvalue weighted by Gasteiger charge is -2.33. The molecular weight excluding hydrogens is 505 g/mol. The van der Waals surface area contributed by atoms with Crippen LogP contribution >= 0.6 is 23.5 Å². The molecule has 6 N–H and O–H groups in total. The number of hydrogen-bond donors (Lipinski definition) is 6. The van der Waals surface area contributed by atoms with E-state index in [1.54, 1.807) is 0 Å². The largest absolute Gasteiger partial charge is 0.490 e. The topological polar surface area (TPSA) is 248 Å². The number of hydrogen-bond acceptors (Lipinski definition) is 12. The van der Waals surface area contributed by atoms with Crippen LogP contribution in [0.15, 0.2) is 24.7 Å². The van der Waals surface area contributed by atoms with E-state index in [9.17, 15) is 33.3 Å². The molecule has 17 nitrogen and oxygen atoms in total. The second kappa shape index (κ2) is 9.81. The SMILES string of the molecule is C=C1NC(=O)C=CN1[C@@H]1O[C@H](COP(=O)(O)OP(=O)(O)OP(=O)(O)O)[C@H](O)C1OC(C)=O. The van der Waals surface area contributed by atoms with Gasteiger partial charge in [-0.1, -0.05) is 6.58 Å². The summed E-state index contributed by atoms with van der Waals surface area (Å²) in [6.07, 6.45) is -3.57. The molecule has 2 aliphatic rings. The van der Waals surface area contributed by atoms with Gasteiger partial charge in [-0.3, -0.25) is 14.1 Å². The molecule has 6 atom stereocenters. The number of nitrogens with zero attached hydrogens (tertiary/aromatic N) is 1. The number of aliphatic hydroxyl groups is 1. The Kier molecular flexibility index (Phi) is 8.22. The van der Waals surface area contributed by atoms with Crippen molar-refractivity contribution in [1.29, 1.82) is 0 Å². The fourth-order valence-electron chi connectivity index (χ4n) is 2.59. The number of phosphoric ester groups is 1. The summed E-state index contributed by atoms with van der Waals surface area (Å²) in [6, 6.07) is 0. The van der Waals surface area contributed by atoms with Gasteiger partial charge in [0.25, 0.3) is 5.91 Å². The molecule has 0 aromatic heterocycles. The van der Waals surface area contributed by atoms with Crippen LogP contribution in [0.25, 0.3) is 0 Å². The molecule has 2 heterocycles. The second-order valence-corrected chi connectivity index (χ2v) is 10.6. The van der Waals surface area contributed by atoms with E-state index in [4.69, 9.17) is 24.2 Å². The van der Waals surface area contributed by atoms with E-state index in [0.29, 0.717) is 0 Å². The summed E-state index contributed by atoms with van der Waals surface area (Å²) in [5.74, 6) is -1.36. The van der Waals surface area contributed by atoms with Crippen molar-refractivity contribution in [3.05, 3.63) is 24.7 Å². The molecule has 3 unspecified atom stereocenters. The van der Waals surface area contributed by atoms with Gasteiger partial charge in [0.1, 0.15) is 18.0 Å². The zero-order valence-corrected chi connectivity index (χ0v) is 18.7. The zero-order chi connectivity index (χ0) is 24.5. The van der Waals surface area contributed by atoms with E-state index in [1.165, 1.54) is 11.1 Å². The first-order chi connectivity index (χ1) is 14.5. The highest BCUT2D eigenvalue weighted by atomic mass is 31.3. The number of aliphatic hydroxyl groups excluding tert-OH is 1. The highest BCUT2D eigenvalue weighted by Crippen LogP contribution is 2.66. The van der Waals surface area contributed by atoms with Crippen LogP contribution in [0.1, 0.15) is 6.92 Å². The lowest BCUT2D eigenvalue weighted by Crippen LogP contribution is -2.48. The average molecular weight is 524 g/mol. The van der Waals surface area contributed by atoms with Crippen LogP contribution in [0, 0.1) is 0 Å². The summed E-state index contributed by atoms with van der Waals surface area (Å²) in [4.78, 5) is 59.7. The Hall–Kier alpha value is -1.45. The molecular formula is C12H19N2O15P3. The minimum Gasteiger partial charge on any atom is -0.455 e. The van der Waals surface area contributed by atoms with E-state index in [0.717, 1.165) is 13.0 Å². The van der Waals surface area contributed by atoms with Crippen LogP contribution in [0.4, 0.5) is 0 Å².